The molecule has 0 aliphatic heterocycles. The summed E-state index contributed by atoms with van der Waals surface area (Å²) in [5.41, 5.74) is 5.90. The molecule has 72 valence electrons. The van der Waals surface area contributed by atoms with Crippen molar-refractivity contribution in [2.75, 3.05) is 0 Å². The molecule has 1 rings (SSSR count). The van der Waals surface area contributed by atoms with Crippen LogP contribution in [0.2, 0.25) is 0 Å². The Bertz CT molecular complexity index is 388. The van der Waals surface area contributed by atoms with Gasteiger partial charge in [-0.3, -0.25) is 4.57 Å². The molecule has 0 bridgehead atoms. The highest BCUT2D eigenvalue weighted by molar-refractivity contribution is 5.81. The minimum absolute atomic E-state index is 0.0844. The highest BCUT2D eigenvalue weighted by Crippen LogP contribution is 1.95. The van der Waals surface area contributed by atoms with Gasteiger partial charge in [-0.2, -0.15) is 0 Å². The van der Waals surface area contributed by atoms with Crippen LogP contribution >= 0.6 is 0 Å². The maximum Gasteiger partial charge on any atom is 0.327 e. The van der Waals surface area contributed by atoms with Gasteiger partial charge in [0.15, 0.2) is 0 Å². The van der Waals surface area contributed by atoms with E-state index in [9.17, 15) is 4.79 Å². The Morgan fingerprint density at radius 3 is 2.69 bits per heavy atom. The van der Waals surface area contributed by atoms with Gasteiger partial charge in [0.25, 0.3) is 0 Å². The topological polar surface area (TPSA) is 85.5 Å². The molecule has 6 nitrogen and oxygen atoms in total. The molecule has 0 spiro atoms. The van der Waals surface area contributed by atoms with Crippen molar-refractivity contribution in [2.24, 2.45) is 25.0 Å². The van der Waals surface area contributed by atoms with Crippen molar-refractivity contribution in [3.05, 3.63) is 22.4 Å². The van der Waals surface area contributed by atoms with Crippen molar-refractivity contribution in [3.63, 3.8) is 0 Å². The van der Waals surface area contributed by atoms with E-state index in [1.165, 1.54) is 9.13 Å². The smallest absolute Gasteiger partial charge is 0.327 e. The molecule has 3 N–H and O–H groups in total. The van der Waals surface area contributed by atoms with Crippen LogP contribution in [0.15, 0.2) is 16.1 Å². The molecular weight excluding hydrogens is 172 g/mol. The highest BCUT2D eigenvalue weighted by Gasteiger charge is 2.06. The Morgan fingerprint density at radius 1 is 1.69 bits per heavy atom. The standard InChI is InChI=1S/C7H12N4O2/c1-10-4-5(3-6(8)9-13)11(2)7(10)12/h4,13H,3H2,1-2H3,(H2,8,9). The number of imidazole rings is 1. The lowest BCUT2D eigenvalue weighted by molar-refractivity contribution is 0.317. The molecule has 0 unspecified atom stereocenters. The van der Waals surface area contributed by atoms with Crippen molar-refractivity contribution in [3.8, 4) is 0 Å². The first kappa shape index (κ1) is 9.37. The molecular formula is C7H12N4O2. The molecule has 6 heteroatoms. The van der Waals surface area contributed by atoms with Crippen LogP contribution in [0.25, 0.3) is 0 Å². The number of hydrogen-bond donors (Lipinski definition) is 2. The van der Waals surface area contributed by atoms with Crippen molar-refractivity contribution in [1.82, 2.24) is 9.13 Å². The SMILES string of the molecule is Cn1cc(C/C(N)=N/O)n(C)c1=O. The summed E-state index contributed by atoms with van der Waals surface area (Å²) in [6.07, 6.45) is 1.92. The number of hydrogen-bond acceptors (Lipinski definition) is 3. The third-order valence-electron chi connectivity index (χ3n) is 1.85. The summed E-state index contributed by atoms with van der Waals surface area (Å²) in [6.45, 7) is 0. The van der Waals surface area contributed by atoms with E-state index in [4.69, 9.17) is 10.9 Å². The van der Waals surface area contributed by atoms with Crippen LogP contribution < -0.4 is 11.4 Å². The van der Waals surface area contributed by atoms with Gasteiger partial charge in [0, 0.05) is 26.0 Å². The van der Waals surface area contributed by atoms with E-state index in [-0.39, 0.29) is 17.9 Å². The van der Waals surface area contributed by atoms with Gasteiger partial charge in [-0.15, -0.1) is 0 Å². The van der Waals surface area contributed by atoms with Gasteiger partial charge in [-0.1, -0.05) is 5.16 Å². The fraction of sp³-hybridized carbons (Fsp3) is 0.429. The zero-order valence-electron chi connectivity index (χ0n) is 7.56. The second kappa shape index (κ2) is 3.34. The van der Waals surface area contributed by atoms with E-state index in [0.717, 1.165) is 0 Å². The number of aromatic nitrogens is 2. The zero-order chi connectivity index (χ0) is 10.0. The molecule has 0 saturated heterocycles. The van der Waals surface area contributed by atoms with Crippen molar-refractivity contribution >= 4 is 5.84 Å². The quantitative estimate of drug-likeness (QED) is 0.268. The lowest BCUT2D eigenvalue weighted by Crippen LogP contribution is -2.22. The van der Waals surface area contributed by atoms with E-state index in [0.29, 0.717) is 5.69 Å². The highest BCUT2D eigenvalue weighted by atomic mass is 16.4. The van der Waals surface area contributed by atoms with Crippen molar-refractivity contribution in [1.29, 1.82) is 0 Å². The second-order valence-electron chi connectivity index (χ2n) is 2.84. The summed E-state index contributed by atoms with van der Waals surface area (Å²) in [5.74, 6) is 0.0844. The minimum Gasteiger partial charge on any atom is -0.409 e. The molecule has 1 aromatic heterocycles. The van der Waals surface area contributed by atoms with Crippen LogP contribution in [-0.2, 0) is 20.5 Å². The van der Waals surface area contributed by atoms with Crippen LogP contribution in [0.1, 0.15) is 5.69 Å². The fourth-order valence-electron chi connectivity index (χ4n) is 1.11. The number of amidine groups is 1. The third-order valence-corrected chi connectivity index (χ3v) is 1.85. The van der Waals surface area contributed by atoms with Gasteiger partial charge >= 0.3 is 5.69 Å². The third kappa shape index (κ3) is 1.71. The number of oxime groups is 1. The van der Waals surface area contributed by atoms with Crippen LogP contribution in [-0.4, -0.2) is 20.2 Å². The number of nitrogens with two attached hydrogens (primary N) is 1. The molecule has 0 amide bonds. The molecule has 0 atom stereocenters. The predicted octanol–water partition coefficient (Wildman–Crippen LogP) is -0.987. The van der Waals surface area contributed by atoms with Crippen LogP contribution in [0.3, 0.4) is 0 Å². The summed E-state index contributed by atoms with van der Waals surface area (Å²) in [5, 5.41) is 11.2. The molecule has 1 aromatic rings. The Balaban J connectivity index is 3.03. The van der Waals surface area contributed by atoms with Crippen LogP contribution in [0.4, 0.5) is 0 Å². The van der Waals surface area contributed by atoms with E-state index >= 15 is 0 Å². The van der Waals surface area contributed by atoms with Crippen molar-refractivity contribution in [2.45, 2.75) is 6.42 Å². The summed E-state index contributed by atoms with van der Waals surface area (Å²) in [6, 6.07) is 0. The number of rotatable bonds is 2. The zero-order valence-corrected chi connectivity index (χ0v) is 7.56. The lowest BCUT2D eigenvalue weighted by Gasteiger charge is -1.97. The molecule has 13 heavy (non-hydrogen) atoms. The van der Waals surface area contributed by atoms with Crippen LogP contribution in [0.5, 0.6) is 0 Å². The van der Waals surface area contributed by atoms with E-state index < -0.39 is 0 Å². The van der Waals surface area contributed by atoms with Gasteiger partial charge in [0.05, 0.1) is 6.42 Å². The van der Waals surface area contributed by atoms with E-state index in [1.807, 2.05) is 0 Å². The maximum absolute atomic E-state index is 11.2. The minimum atomic E-state index is -0.124. The van der Waals surface area contributed by atoms with Gasteiger partial charge in [-0.05, 0) is 0 Å². The molecule has 0 aromatic carbocycles. The largest absolute Gasteiger partial charge is 0.409 e. The molecule has 0 aliphatic carbocycles. The summed E-state index contributed by atoms with van der Waals surface area (Å²) < 4.78 is 2.90. The Labute approximate surface area is 74.9 Å². The van der Waals surface area contributed by atoms with Crippen LogP contribution in [0, 0.1) is 0 Å². The first-order chi connectivity index (χ1) is 6.06. The summed E-state index contributed by atoms with van der Waals surface area (Å²) in [7, 11) is 3.29. The summed E-state index contributed by atoms with van der Waals surface area (Å²) in [4.78, 5) is 11.2. The average molecular weight is 184 g/mol. The predicted molar refractivity (Wildman–Crippen MR) is 47.8 cm³/mol. The van der Waals surface area contributed by atoms with Crippen molar-refractivity contribution < 1.29 is 5.21 Å². The van der Waals surface area contributed by atoms with Gasteiger partial charge < -0.3 is 15.5 Å². The molecule has 0 radical (unpaired) electrons. The van der Waals surface area contributed by atoms with E-state index in [1.54, 1.807) is 20.3 Å². The summed E-state index contributed by atoms with van der Waals surface area (Å²) >= 11 is 0. The normalized spacial score (nSPS) is 12.0. The van der Waals surface area contributed by atoms with Gasteiger partial charge in [-0.25, -0.2) is 4.79 Å². The fourth-order valence-corrected chi connectivity index (χ4v) is 1.11. The van der Waals surface area contributed by atoms with Gasteiger partial charge in [0.1, 0.15) is 5.84 Å². The Morgan fingerprint density at radius 2 is 2.31 bits per heavy atom. The Kier molecular flexibility index (Phi) is 2.41. The molecule has 0 aliphatic rings. The van der Waals surface area contributed by atoms with E-state index in [2.05, 4.69) is 5.16 Å². The lowest BCUT2D eigenvalue weighted by atomic mass is 10.3. The molecule has 1 heterocycles. The van der Waals surface area contributed by atoms with Gasteiger partial charge in [0.2, 0.25) is 0 Å². The first-order valence-corrected chi connectivity index (χ1v) is 3.74. The monoisotopic (exact) mass is 184 g/mol. The maximum atomic E-state index is 11.2. The first-order valence-electron chi connectivity index (χ1n) is 3.74. The second-order valence-corrected chi connectivity index (χ2v) is 2.84. The number of nitrogens with zero attached hydrogens (tertiary/aromatic N) is 3. The average Bonchev–Trinajstić information content (AvgIpc) is 2.34. The molecule has 0 fully saturated rings. The number of aryl methyl sites for hydroxylation is 1. The Hall–Kier alpha value is -1.72. The molecule has 0 saturated carbocycles.